The minimum absolute atomic E-state index is 0.564. The quantitative estimate of drug-likeness (QED) is 0.681. The third-order valence-electron chi connectivity index (χ3n) is 3.87. The summed E-state index contributed by atoms with van der Waals surface area (Å²) in [6, 6.07) is 3.89. The van der Waals surface area contributed by atoms with E-state index in [0.29, 0.717) is 22.4 Å². The zero-order valence-electron chi connectivity index (χ0n) is 13.2. The summed E-state index contributed by atoms with van der Waals surface area (Å²) in [4.78, 5) is 1.66. The van der Waals surface area contributed by atoms with Gasteiger partial charge < -0.3 is 19.7 Å². The largest absolute Gasteiger partial charge is 0.491 e. The molecule has 124 valence electrons. The first-order valence-corrected chi connectivity index (χ1v) is 8.80. The fraction of sp³-hybridized carbons (Fsp3) is 0.625. The molecule has 0 saturated carbocycles. The number of hydrogen-bond acceptors (Lipinski definition) is 2. The summed E-state index contributed by atoms with van der Waals surface area (Å²) >= 11 is 12.4. The predicted octanol–water partition coefficient (Wildman–Crippen LogP) is 0.761. The molecule has 0 unspecified atom stereocenters. The molecule has 1 aliphatic heterocycles. The standard InChI is InChI=1S/C16H24Cl2N2O2/c1-2-22-16-14(17)10-13(11-15(16)18)12-19-4-3-5-20-6-8-21-9-7-20/h10-11,19H,2-9,12H2,1H3/p+2. The lowest BCUT2D eigenvalue weighted by molar-refractivity contribution is -0.909. The van der Waals surface area contributed by atoms with Crippen molar-refractivity contribution in [3.8, 4) is 5.75 Å². The maximum Gasteiger partial charge on any atom is 0.156 e. The van der Waals surface area contributed by atoms with Crippen molar-refractivity contribution >= 4 is 23.2 Å². The minimum atomic E-state index is 0.564. The van der Waals surface area contributed by atoms with E-state index in [0.717, 1.165) is 45.0 Å². The molecule has 1 aromatic rings. The van der Waals surface area contributed by atoms with Gasteiger partial charge in [-0.05, 0) is 19.1 Å². The number of benzene rings is 1. The second-order valence-electron chi connectivity index (χ2n) is 5.57. The Bertz CT molecular complexity index is 442. The van der Waals surface area contributed by atoms with E-state index in [9.17, 15) is 0 Å². The van der Waals surface area contributed by atoms with E-state index in [1.165, 1.54) is 13.0 Å². The number of hydrogen-bond donors (Lipinski definition) is 2. The molecule has 0 amide bonds. The Labute approximate surface area is 142 Å². The third kappa shape index (κ3) is 5.60. The van der Waals surface area contributed by atoms with Crippen molar-refractivity contribution in [3.05, 3.63) is 27.7 Å². The normalized spacial score (nSPS) is 16.0. The Hall–Kier alpha value is -0.520. The summed E-state index contributed by atoms with van der Waals surface area (Å²) in [5.74, 6) is 0.588. The van der Waals surface area contributed by atoms with Crippen molar-refractivity contribution in [2.45, 2.75) is 19.9 Å². The summed E-state index contributed by atoms with van der Waals surface area (Å²) < 4.78 is 10.8. The summed E-state index contributed by atoms with van der Waals surface area (Å²) in [6.07, 6.45) is 1.22. The Morgan fingerprint density at radius 3 is 2.55 bits per heavy atom. The molecule has 1 fully saturated rings. The molecular weight excluding hydrogens is 323 g/mol. The van der Waals surface area contributed by atoms with Gasteiger partial charge in [0, 0.05) is 12.0 Å². The van der Waals surface area contributed by atoms with Crippen LogP contribution in [0.1, 0.15) is 18.9 Å². The smallest absolute Gasteiger partial charge is 0.156 e. The minimum Gasteiger partial charge on any atom is -0.491 e. The van der Waals surface area contributed by atoms with E-state index < -0.39 is 0 Å². The highest BCUT2D eigenvalue weighted by Gasteiger charge is 2.13. The van der Waals surface area contributed by atoms with Crippen LogP contribution >= 0.6 is 23.2 Å². The van der Waals surface area contributed by atoms with Gasteiger partial charge in [0.1, 0.15) is 19.6 Å². The van der Waals surface area contributed by atoms with Crippen LogP contribution in [-0.2, 0) is 11.3 Å². The highest BCUT2D eigenvalue weighted by Crippen LogP contribution is 2.33. The summed E-state index contributed by atoms with van der Waals surface area (Å²) in [6.45, 7) is 9.82. The fourth-order valence-corrected chi connectivity index (χ4v) is 3.33. The van der Waals surface area contributed by atoms with E-state index in [-0.39, 0.29) is 0 Å². The molecule has 0 aromatic heterocycles. The van der Waals surface area contributed by atoms with Crippen molar-refractivity contribution in [2.75, 3.05) is 46.0 Å². The second kappa shape index (κ2) is 9.58. The number of rotatable bonds is 8. The zero-order chi connectivity index (χ0) is 15.8. The maximum absolute atomic E-state index is 6.22. The molecule has 1 aromatic carbocycles. The highest BCUT2D eigenvalue weighted by atomic mass is 35.5. The maximum atomic E-state index is 6.22. The van der Waals surface area contributed by atoms with Gasteiger partial charge >= 0.3 is 0 Å². The van der Waals surface area contributed by atoms with Crippen LogP contribution in [-0.4, -0.2) is 46.0 Å². The van der Waals surface area contributed by atoms with Crippen molar-refractivity contribution in [1.82, 2.24) is 0 Å². The molecule has 1 heterocycles. The van der Waals surface area contributed by atoms with Crippen LogP contribution in [0, 0.1) is 0 Å². The first-order valence-electron chi connectivity index (χ1n) is 8.04. The molecule has 6 heteroatoms. The molecule has 0 radical (unpaired) electrons. The first kappa shape index (κ1) is 17.8. The van der Waals surface area contributed by atoms with Crippen LogP contribution in [0.25, 0.3) is 0 Å². The van der Waals surface area contributed by atoms with Gasteiger partial charge in [-0.25, -0.2) is 0 Å². The Morgan fingerprint density at radius 1 is 1.23 bits per heavy atom. The molecule has 0 atom stereocenters. The number of halogens is 2. The van der Waals surface area contributed by atoms with Crippen LogP contribution in [0.4, 0.5) is 0 Å². The van der Waals surface area contributed by atoms with Gasteiger partial charge in [-0.15, -0.1) is 0 Å². The number of nitrogens with one attached hydrogen (secondary N) is 1. The monoisotopic (exact) mass is 348 g/mol. The van der Waals surface area contributed by atoms with Crippen molar-refractivity contribution in [3.63, 3.8) is 0 Å². The molecule has 1 aliphatic rings. The topological polar surface area (TPSA) is 39.5 Å². The van der Waals surface area contributed by atoms with Gasteiger partial charge in [0.15, 0.2) is 5.75 Å². The molecule has 0 bridgehead atoms. The molecule has 22 heavy (non-hydrogen) atoms. The van der Waals surface area contributed by atoms with E-state index >= 15 is 0 Å². The van der Waals surface area contributed by atoms with Crippen LogP contribution in [0.5, 0.6) is 5.75 Å². The van der Waals surface area contributed by atoms with Gasteiger partial charge in [0.25, 0.3) is 0 Å². The van der Waals surface area contributed by atoms with E-state index in [1.54, 1.807) is 4.90 Å². The number of nitrogens with two attached hydrogens (primary N) is 1. The zero-order valence-corrected chi connectivity index (χ0v) is 14.7. The third-order valence-corrected chi connectivity index (χ3v) is 4.43. The van der Waals surface area contributed by atoms with Crippen LogP contribution < -0.4 is 15.0 Å². The van der Waals surface area contributed by atoms with Crippen molar-refractivity contribution < 1.29 is 19.7 Å². The van der Waals surface area contributed by atoms with Crippen molar-refractivity contribution in [1.29, 1.82) is 0 Å². The Morgan fingerprint density at radius 2 is 1.91 bits per heavy atom. The van der Waals surface area contributed by atoms with Gasteiger partial charge in [-0.3, -0.25) is 0 Å². The lowest BCUT2D eigenvalue weighted by Gasteiger charge is -2.23. The van der Waals surface area contributed by atoms with Gasteiger partial charge in [-0.1, -0.05) is 23.2 Å². The SMILES string of the molecule is CCOc1c(Cl)cc(C[NH2+]CCC[NH+]2CCOCC2)cc1Cl. The van der Waals surface area contributed by atoms with Gasteiger partial charge in [0.2, 0.25) is 0 Å². The Balaban J connectivity index is 1.70. The lowest BCUT2D eigenvalue weighted by atomic mass is 10.2. The Kier molecular flexibility index (Phi) is 7.76. The first-order chi connectivity index (χ1) is 10.7. The predicted molar refractivity (Wildman–Crippen MR) is 89.1 cm³/mol. The molecule has 4 nitrogen and oxygen atoms in total. The molecular formula is C16H26Cl2N2O2+2. The lowest BCUT2D eigenvalue weighted by Crippen LogP contribution is -3.14. The molecule has 1 saturated heterocycles. The van der Waals surface area contributed by atoms with E-state index in [1.807, 2.05) is 19.1 Å². The van der Waals surface area contributed by atoms with Gasteiger partial charge in [-0.2, -0.15) is 0 Å². The molecule has 2 rings (SSSR count). The fourth-order valence-electron chi connectivity index (χ4n) is 2.69. The van der Waals surface area contributed by atoms with Crippen LogP contribution in [0.2, 0.25) is 10.0 Å². The average molecular weight is 349 g/mol. The van der Waals surface area contributed by atoms with E-state index in [4.69, 9.17) is 32.7 Å². The van der Waals surface area contributed by atoms with Crippen LogP contribution in [0.15, 0.2) is 12.1 Å². The number of ether oxygens (including phenoxy) is 2. The molecule has 0 aliphatic carbocycles. The average Bonchev–Trinajstić information content (AvgIpc) is 2.52. The van der Waals surface area contributed by atoms with E-state index in [2.05, 4.69) is 5.32 Å². The van der Waals surface area contributed by atoms with Gasteiger partial charge in [0.05, 0.1) is 43.0 Å². The molecule has 3 N–H and O–H groups in total. The summed E-state index contributed by atoms with van der Waals surface area (Å²) in [7, 11) is 0. The number of quaternary nitrogens is 2. The number of morpholine rings is 1. The highest BCUT2D eigenvalue weighted by molar-refractivity contribution is 6.37. The molecule has 0 spiro atoms. The van der Waals surface area contributed by atoms with Crippen molar-refractivity contribution in [2.24, 2.45) is 0 Å². The summed E-state index contributed by atoms with van der Waals surface area (Å²) in [5, 5.41) is 3.49. The second-order valence-corrected chi connectivity index (χ2v) is 6.38. The summed E-state index contributed by atoms with van der Waals surface area (Å²) in [5.41, 5.74) is 1.14. The van der Waals surface area contributed by atoms with Crippen LogP contribution in [0.3, 0.4) is 0 Å².